The predicted octanol–water partition coefficient (Wildman–Crippen LogP) is 2.59. The van der Waals surface area contributed by atoms with Crippen LogP contribution in [-0.2, 0) is 16.0 Å². The molecule has 28 heavy (non-hydrogen) atoms. The smallest absolute Gasteiger partial charge is 0.310 e. The van der Waals surface area contributed by atoms with Gasteiger partial charge in [-0.2, -0.15) is 0 Å². The molecule has 144 valence electrons. The summed E-state index contributed by atoms with van der Waals surface area (Å²) in [6.45, 7) is 3.36. The molecule has 0 saturated carbocycles. The van der Waals surface area contributed by atoms with E-state index >= 15 is 0 Å². The maximum absolute atomic E-state index is 13.0. The molecule has 1 amide bonds. The summed E-state index contributed by atoms with van der Waals surface area (Å²) in [5.74, 6) is -1.21. The second-order valence-electron chi connectivity index (χ2n) is 6.55. The topological polar surface area (TPSA) is 110 Å². The summed E-state index contributed by atoms with van der Waals surface area (Å²) in [6.07, 6.45) is 0.437. The molecular formula is C20H21N5O3. The quantitative estimate of drug-likeness (QED) is 0.653. The molecule has 0 aliphatic rings. The van der Waals surface area contributed by atoms with Crippen molar-refractivity contribution in [3.8, 4) is 0 Å². The fourth-order valence-electron chi connectivity index (χ4n) is 2.88. The fourth-order valence-corrected chi connectivity index (χ4v) is 2.88. The molecule has 0 radical (unpaired) electrons. The highest BCUT2D eigenvalue weighted by Crippen LogP contribution is 2.21. The second-order valence-corrected chi connectivity index (χ2v) is 6.55. The van der Waals surface area contributed by atoms with Crippen molar-refractivity contribution in [3.05, 3.63) is 71.5 Å². The molecule has 2 unspecified atom stereocenters. The molecule has 0 fully saturated rings. The Labute approximate surface area is 162 Å². The number of nitrogens with zero attached hydrogens (tertiary/aromatic N) is 4. The molecule has 3 rings (SSSR count). The molecule has 2 N–H and O–H groups in total. The lowest BCUT2D eigenvalue weighted by molar-refractivity contribution is -0.138. The molecule has 0 aliphatic carbocycles. The Hall–Kier alpha value is -3.55. The van der Waals surface area contributed by atoms with Gasteiger partial charge in [0.1, 0.15) is 11.9 Å². The number of nitrogens with one attached hydrogen (secondary N) is 1. The van der Waals surface area contributed by atoms with Crippen LogP contribution in [0.4, 0.5) is 5.69 Å². The highest BCUT2D eigenvalue weighted by atomic mass is 16.4. The molecule has 8 heteroatoms. The Kier molecular flexibility index (Phi) is 5.78. The summed E-state index contributed by atoms with van der Waals surface area (Å²) in [6, 6.07) is 15.8. The van der Waals surface area contributed by atoms with Gasteiger partial charge >= 0.3 is 5.97 Å². The first-order chi connectivity index (χ1) is 13.5. The Morgan fingerprint density at radius 3 is 2.36 bits per heavy atom. The summed E-state index contributed by atoms with van der Waals surface area (Å²) >= 11 is 0. The van der Waals surface area contributed by atoms with Crippen molar-refractivity contribution in [2.24, 2.45) is 0 Å². The van der Waals surface area contributed by atoms with E-state index in [1.165, 1.54) is 4.68 Å². The Balaban J connectivity index is 1.80. The number of aryl methyl sites for hydroxylation is 1. The number of tetrazole rings is 1. The van der Waals surface area contributed by atoms with Gasteiger partial charge in [0.2, 0.25) is 5.91 Å². The van der Waals surface area contributed by atoms with Crippen LogP contribution >= 0.6 is 0 Å². The minimum absolute atomic E-state index is 0.252. The second kappa shape index (κ2) is 8.43. The average molecular weight is 379 g/mol. The van der Waals surface area contributed by atoms with Crippen molar-refractivity contribution < 1.29 is 14.7 Å². The van der Waals surface area contributed by atoms with Gasteiger partial charge in [-0.25, -0.2) is 4.68 Å². The third kappa shape index (κ3) is 4.40. The molecule has 0 saturated heterocycles. The number of aromatic nitrogens is 4. The number of carboxylic acid groups (broad SMARTS) is 1. The van der Waals surface area contributed by atoms with Gasteiger partial charge in [0.25, 0.3) is 0 Å². The Bertz CT molecular complexity index is 953. The van der Waals surface area contributed by atoms with E-state index in [9.17, 15) is 9.59 Å². The summed E-state index contributed by atoms with van der Waals surface area (Å²) in [5.41, 5.74) is 2.24. The molecular weight excluding hydrogens is 358 g/mol. The van der Waals surface area contributed by atoms with Crippen LogP contribution < -0.4 is 5.32 Å². The van der Waals surface area contributed by atoms with Gasteiger partial charge in [-0.3, -0.25) is 9.59 Å². The van der Waals surface area contributed by atoms with Crippen LogP contribution in [0.15, 0.2) is 54.6 Å². The van der Waals surface area contributed by atoms with Crippen molar-refractivity contribution in [1.82, 2.24) is 20.2 Å². The number of amides is 1. The first kappa shape index (κ1) is 19.2. The zero-order valence-corrected chi connectivity index (χ0v) is 15.6. The van der Waals surface area contributed by atoms with Crippen LogP contribution in [0.3, 0.4) is 0 Å². The number of hydrogen-bond donors (Lipinski definition) is 2. The number of carboxylic acids is 1. The fraction of sp³-hybridized carbons (Fsp3) is 0.250. The van der Waals surface area contributed by atoms with Gasteiger partial charge < -0.3 is 10.4 Å². The van der Waals surface area contributed by atoms with Gasteiger partial charge in [0.05, 0.1) is 5.92 Å². The Morgan fingerprint density at radius 1 is 1.11 bits per heavy atom. The molecule has 0 bridgehead atoms. The van der Waals surface area contributed by atoms with E-state index in [-0.39, 0.29) is 5.91 Å². The summed E-state index contributed by atoms with van der Waals surface area (Å²) in [5, 5.41) is 23.5. The molecule has 1 aromatic heterocycles. The molecule has 3 aromatic rings. The number of carbonyl (C=O) groups is 2. The van der Waals surface area contributed by atoms with E-state index in [2.05, 4.69) is 20.8 Å². The minimum Gasteiger partial charge on any atom is -0.481 e. The minimum atomic E-state index is -0.895. The molecule has 2 aromatic carbocycles. The SMILES string of the molecule is Cc1nnnn1C(Cc1ccccc1)C(=O)Nc1ccc(C(C)C(=O)O)cc1. The van der Waals surface area contributed by atoms with Gasteiger partial charge in [-0.15, -0.1) is 5.10 Å². The van der Waals surface area contributed by atoms with E-state index in [1.54, 1.807) is 38.1 Å². The number of rotatable bonds is 7. The molecule has 8 nitrogen and oxygen atoms in total. The van der Waals surface area contributed by atoms with Crippen LogP contribution in [0.1, 0.15) is 35.8 Å². The van der Waals surface area contributed by atoms with E-state index in [4.69, 9.17) is 5.11 Å². The van der Waals surface area contributed by atoms with Crippen LogP contribution in [0.25, 0.3) is 0 Å². The lowest BCUT2D eigenvalue weighted by Crippen LogP contribution is -2.29. The van der Waals surface area contributed by atoms with Gasteiger partial charge in [-0.1, -0.05) is 42.5 Å². The summed E-state index contributed by atoms with van der Waals surface area (Å²) in [7, 11) is 0. The van der Waals surface area contributed by atoms with Crippen LogP contribution in [0.2, 0.25) is 0 Å². The van der Waals surface area contributed by atoms with Crippen molar-refractivity contribution >= 4 is 17.6 Å². The van der Waals surface area contributed by atoms with E-state index in [0.29, 0.717) is 23.5 Å². The van der Waals surface area contributed by atoms with Crippen LogP contribution in [0.5, 0.6) is 0 Å². The van der Waals surface area contributed by atoms with Gasteiger partial charge in [0, 0.05) is 12.1 Å². The van der Waals surface area contributed by atoms with Crippen molar-refractivity contribution in [2.75, 3.05) is 5.32 Å². The molecule has 0 aliphatic heterocycles. The summed E-state index contributed by atoms with van der Waals surface area (Å²) in [4.78, 5) is 24.1. The van der Waals surface area contributed by atoms with E-state index < -0.39 is 17.9 Å². The highest BCUT2D eigenvalue weighted by Gasteiger charge is 2.24. The lowest BCUT2D eigenvalue weighted by atomic mass is 10.0. The zero-order valence-electron chi connectivity index (χ0n) is 15.6. The monoisotopic (exact) mass is 379 g/mol. The van der Waals surface area contributed by atoms with Crippen LogP contribution in [-0.4, -0.2) is 37.2 Å². The third-order valence-corrected chi connectivity index (χ3v) is 4.58. The van der Waals surface area contributed by atoms with E-state index in [1.807, 2.05) is 30.3 Å². The van der Waals surface area contributed by atoms with Crippen molar-refractivity contribution in [1.29, 1.82) is 0 Å². The molecule has 1 heterocycles. The third-order valence-electron chi connectivity index (χ3n) is 4.58. The lowest BCUT2D eigenvalue weighted by Gasteiger charge is -2.18. The maximum atomic E-state index is 13.0. The normalized spacial score (nSPS) is 12.9. The predicted molar refractivity (Wildman–Crippen MR) is 103 cm³/mol. The van der Waals surface area contributed by atoms with E-state index in [0.717, 1.165) is 5.56 Å². The standard InChI is InChI=1S/C20H21N5O3/c1-13(20(27)28)16-8-10-17(11-9-16)21-19(26)18(25-14(2)22-23-24-25)12-15-6-4-3-5-7-15/h3-11,13,18H,12H2,1-2H3,(H,21,26)(H,27,28). The first-order valence-electron chi connectivity index (χ1n) is 8.87. The average Bonchev–Trinajstić information content (AvgIpc) is 3.12. The maximum Gasteiger partial charge on any atom is 0.310 e. The first-order valence-corrected chi connectivity index (χ1v) is 8.87. The van der Waals surface area contributed by atoms with Crippen LogP contribution in [0, 0.1) is 6.92 Å². The summed E-state index contributed by atoms with van der Waals surface area (Å²) < 4.78 is 1.50. The van der Waals surface area contributed by atoms with Gasteiger partial charge in [0.15, 0.2) is 0 Å². The molecule has 0 spiro atoms. The largest absolute Gasteiger partial charge is 0.481 e. The molecule has 2 atom stereocenters. The van der Waals surface area contributed by atoms with Gasteiger partial charge in [-0.05, 0) is 47.5 Å². The number of aliphatic carboxylic acids is 1. The number of carbonyl (C=O) groups excluding carboxylic acids is 1. The van der Waals surface area contributed by atoms with Crippen molar-refractivity contribution in [3.63, 3.8) is 0 Å². The van der Waals surface area contributed by atoms with Crippen molar-refractivity contribution in [2.45, 2.75) is 32.2 Å². The zero-order chi connectivity index (χ0) is 20.1. The highest BCUT2D eigenvalue weighted by molar-refractivity contribution is 5.94. The number of anilines is 1. The number of benzene rings is 2. The Morgan fingerprint density at radius 2 is 1.79 bits per heavy atom. The number of hydrogen-bond acceptors (Lipinski definition) is 5.